The minimum Gasteiger partial charge on any atom is -0.338 e. The van der Waals surface area contributed by atoms with Crippen molar-refractivity contribution in [2.45, 2.75) is 36.9 Å². The summed E-state index contributed by atoms with van der Waals surface area (Å²) in [6, 6.07) is 0. The summed E-state index contributed by atoms with van der Waals surface area (Å²) in [4.78, 5) is 30.5. The standard InChI is InChI=1S/C17H24FN5O2/c1-20-10-14(24)23(13-8-19-21(2)9-13)12-16(20)6-7-22(11-16)15(25)17(18)4-3-5-17/h8-9H,3-7,10-12H2,1-2H3/t16-/m1/s1. The van der Waals surface area contributed by atoms with E-state index < -0.39 is 5.67 Å². The van der Waals surface area contributed by atoms with Crippen molar-refractivity contribution in [1.29, 1.82) is 0 Å². The smallest absolute Gasteiger partial charge is 0.260 e. The van der Waals surface area contributed by atoms with Crippen molar-refractivity contribution in [2.75, 3.05) is 38.1 Å². The van der Waals surface area contributed by atoms with Crippen LogP contribution in [0.15, 0.2) is 12.4 Å². The lowest BCUT2D eigenvalue weighted by atomic mass is 9.81. The molecular weight excluding hydrogens is 325 g/mol. The number of anilines is 1. The Balaban J connectivity index is 1.54. The molecule has 1 aromatic heterocycles. The third-order valence-corrected chi connectivity index (χ3v) is 6.09. The molecule has 25 heavy (non-hydrogen) atoms. The number of piperazine rings is 1. The van der Waals surface area contributed by atoms with E-state index >= 15 is 0 Å². The van der Waals surface area contributed by atoms with Crippen molar-refractivity contribution in [3.63, 3.8) is 0 Å². The van der Waals surface area contributed by atoms with Crippen LogP contribution in [0.1, 0.15) is 25.7 Å². The molecule has 7 nitrogen and oxygen atoms in total. The van der Waals surface area contributed by atoms with Gasteiger partial charge in [-0.15, -0.1) is 0 Å². The van der Waals surface area contributed by atoms with Gasteiger partial charge in [-0.3, -0.25) is 19.2 Å². The Morgan fingerprint density at radius 1 is 1.24 bits per heavy atom. The molecule has 4 rings (SSSR count). The van der Waals surface area contributed by atoms with Crippen LogP contribution in [0.4, 0.5) is 10.1 Å². The van der Waals surface area contributed by atoms with E-state index in [2.05, 4.69) is 5.10 Å². The molecule has 3 fully saturated rings. The first kappa shape index (κ1) is 16.5. The Hall–Kier alpha value is -1.96. The van der Waals surface area contributed by atoms with Crippen LogP contribution in [0.25, 0.3) is 0 Å². The summed E-state index contributed by atoms with van der Waals surface area (Å²) >= 11 is 0. The molecule has 1 aromatic rings. The van der Waals surface area contributed by atoms with Gasteiger partial charge in [0.25, 0.3) is 5.91 Å². The molecule has 3 heterocycles. The summed E-state index contributed by atoms with van der Waals surface area (Å²) in [7, 11) is 3.73. The Labute approximate surface area is 146 Å². The van der Waals surface area contributed by atoms with E-state index in [0.717, 1.165) is 18.5 Å². The van der Waals surface area contributed by atoms with Gasteiger partial charge in [0.05, 0.1) is 24.0 Å². The molecule has 2 aliphatic heterocycles. The molecule has 136 valence electrons. The number of hydrogen-bond acceptors (Lipinski definition) is 4. The summed E-state index contributed by atoms with van der Waals surface area (Å²) in [6.45, 7) is 1.80. The second-order valence-electron chi connectivity index (χ2n) is 7.73. The van der Waals surface area contributed by atoms with Crippen molar-refractivity contribution in [2.24, 2.45) is 7.05 Å². The minimum atomic E-state index is -1.66. The quantitative estimate of drug-likeness (QED) is 0.783. The van der Waals surface area contributed by atoms with Crippen LogP contribution in [-0.4, -0.2) is 75.8 Å². The first-order valence-electron chi connectivity index (χ1n) is 8.82. The van der Waals surface area contributed by atoms with E-state index in [0.29, 0.717) is 32.5 Å². The maximum Gasteiger partial charge on any atom is 0.260 e. The molecule has 0 aromatic carbocycles. The predicted molar refractivity (Wildman–Crippen MR) is 89.8 cm³/mol. The van der Waals surface area contributed by atoms with Gasteiger partial charge < -0.3 is 9.80 Å². The van der Waals surface area contributed by atoms with Crippen molar-refractivity contribution in [3.8, 4) is 0 Å². The number of carbonyl (C=O) groups excluding carboxylic acids is 2. The van der Waals surface area contributed by atoms with E-state index in [1.165, 1.54) is 0 Å². The van der Waals surface area contributed by atoms with Gasteiger partial charge in [0.1, 0.15) is 0 Å². The van der Waals surface area contributed by atoms with E-state index in [1.807, 2.05) is 25.2 Å². The van der Waals surface area contributed by atoms with Crippen LogP contribution in [0.2, 0.25) is 0 Å². The highest BCUT2D eigenvalue weighted by atomic mass is 19.1. The van der Waals surface area contributed by atoms with Gasteiger partial charge >= 0.3 is 0 Å². The lowest BCUT2D eigenvalue weighted by Crippen LogP contribution is -2.65. The molecule has 0 unspecified atom stereocenters. The molecule has 1 aliphatic carbocycles. The lowest BCUT2D eigenvalue weighted by Gasteiger charge is -2.46. The molecule has 3 aliphatic rings. The highest BCUT2D eigenvalue weighted by Crippen LogP contribution is 2.40. The fourth-order valence-corrected chi connectivity index (χ4v) is 4.20. The third-order valence-electron chi connectivity index (χ3n) is 6.09. The van der Waals surface area contributed by atoms with Crippen molar-refractivity contribution < 1.29 is 14.0 Å². The van der Waals surface area contributed by atoms with Crippen molar-refractivity contribution >= 4 is 17.5 Å². The Morgan fingerprint density at radius 2 is 2.00 bits per heavy atom. The highest BCUT2D eigenvalue weighted by molar-refractivity contribution is 5.96. The number of carbonyl (C=O) groups is 2. The van der Waals surface area contributed by atoms with Gasteiger partial charge in [-0.05, 0) is 32.7 Å². The minimum absolute atomic E-state index is 0.0202. The number of aryl methyl sites for hydroxylation is 1. The largest absolute Gasteiger partial charge is 0.338 e. The van der Waals surface area contributed by atoms with Crippen LogP contribution in [0.5, 0.6) is 0 Å². The fraction of sp³-hybridized carbons (Fsp3) is 0.706. The first-order valence-corrected chi connectivity index (χ1v) is 8.82. The number of rotatable bonds is 2. The van der Waals surface area contributed by atoms with Crippen LogP contribution in [-0.2, 0) is 16.6 Å². The van der Waals surface area contributed by atoms with Gasteiger partial charge in [-0.25, -0.2) is 4.39 Å². The summed E-state index contributed by atoms with van der Waals surface area (Å²) in [5.74, 6) is -0.347. The number of likely N-dealkylation sites (tertiary alicyclic amines) is 1. The van der Waals surface area contributed by atoms with Gasteiger partial charge in [-0.1, -0.05) is 0 Å². The Kier molecular flexibility index (Phi) is 3.64. The van der Waals surface area contributed by atoms with E-state index in [9.17, 15) is 14.0 Å². The number of amides is 2. The molecule has 0 radical (unpaired) electrons. The molecule has 0 bridgehead atoms. The van der Waals surface area contributed by atoms with Gasteiger partial charge in [0.2, 0.25) is 5.91 Å². The normalized spacial score (nSPS) is 29.3. The molecule has 1 saturated carbocycles. The molecule has 2 saturated heterocycles. The average Bonchev–Trinajstić information content (AvgIpc) is 3.16. The SMILES string of the molecule is CN1CC(=O)N(c2cnn(C)c2)C[C@]12CCN(C(=O)C1(F)CCC1)C2. The molecule has 1 spiro atoms. The topological polar surface area (TPSA) is 61.7 Å². The van der Waals surface area contributed by atoms with E-state index in [-0.39, 0.29) is 23.9 Å². The Morgan fingerprint density at radius 3 is 2.60 bits per heavy atom. The number of halogens is 1. The van der Waals surface area contributed by atoms with Crippen molar-refractivity contribution in [1.82, 2.24) is 19.6 Å². The van der Waals surface area contributed by atoms with Gasteiger partial charge in [0.15, 0.2) is 5.67 Å². The van der Waals surface area contributed by atoms with Crippen LogP contribution in [0, 0.1) is 0 Å². The monoisotopic (exact) mass is 349 g/mol. The molecule has 0 N–H and O–H groups in total. The van der Waals surface area contributed by atoms with Crippen LogP contribution in [0.3, 0.4) is 0 Å². The number of aromatic nitrogens is 2. The van der Waals surface area contributed by atoms with Crippen molar-refractivity contribution in [3.05, 3.63) is 12.4 Å². The summed E-state index contributed by atoms with van der Waals surface area (Å²) in [5.41, 5.74) is -1.21. The molecule has 8 heteroatoms. The maximum atomic E-state index is 14.5. The number of hydrogen-bond donors (Lipinski definition) is 0. The van der Waals surface area contributed by atoms with Crippen LogP contribution < -0.4 is 4.90 Å². The van der Waals surface area contributed by atoms with Crippen LogP contribution >= 0.6 is 0 Å². The summed E-state index contributed by atoms with van der Waals surface area (Å²) < 4.78 is 16.2. The fourth-order valence-electron chi connectivity index (χ4n) is 4.20. The molecule has 2 amide bonds. The summed E-state index contributed by atoms with van der Waals surface area (Å²) in [6.07, 6.45) is 5.70. The summed E-state index contributed by atoms with van der Waals surface area (Å²) in [5, 5.41) is 4.15. The van der Waals surface area contributed by atoms with E-state index in [1.54, 1.807) is 20.7 Å². The second-order valence-corrected chi connectivity index (χ2v) is 7.73. The first-order chi connectivity index (χ1) is 11.8. The highest BCUT2D eigenvalue weighted by Gasteiger charge is 2.53. The average molecular weight is 349 g/mol. The molecule has 1 atom stereocenters. The zero-order valence-corrected chi connectivity index (χ0v) is 14.7. The zero-order valence-electron chi connectivity index (χ0n) is 14.7. The van der Waals surface area contributed by atoms with E-state index in [4.69, 9.17) is 0 Å². The lowest BCUT2D eigenvalue weighted by molar-refractivity contribution is -0.149. The predicted octanol–water partition coefficient (Wildman–Crippen LogP) is 0.562. The number of alkyl halides is 1. The Bertz CT molecular complexity index is 716. The maximum absolute atomic E-state index is 14.5. The van der Waals surface area contributed by atoms with Gasteiger partial charge in [0, 0.05) is 32.9 Å². The second kappa shape index (κ2) is 5.52. The molecular formula is C17H24FN5O2. The number of likely N-dealkylation sites (N-methyl/N-ethyl adjacent to an activating group) is 1. The van der Waals surface area contributed by atoms with Gasteiger partial charge in [-0.2, -0.15) is 5.10 Å². The third kappa shape index (κ3) is 2.54. The zero-order chi connectivity index (χ0) is 17.8. The number of nitrogens with zero attached hydrogens (tertiary/aromatic N) is 5.